The zero-order valence-corrected chi connectivity index (χ0v) is 13.0. The first-order chi connectivity index (χ1) is 9.04. The van der Waals surface area contributed by atoms with E-state index in [1.807, 2.05) is 13.1 Å². The van der Waals surface area contributed by atoms with Crippen LogP contribution in [-0.2, 0) is 11.3 Å². The minimum atomic E-state index is -0.332. The highest BCUT2D eigenvalue weighted by Gasteiger charge is 2.13. The van der Waals surface area contributed by atoms with Gasteiger partial charge >= 0.3 is 0 Å². The van der Waals surface area contributed by atoms with Crippen LogP contribution in [0.3, 0.4) is 0 Å². The zero-order chi connectivity index (χ0) is 14.3. The number of ether oxygens (including phenoxy) is 1. The minimum Gasteiger partial charge on any atom is -0.392 e. The van der Waals surface area contributed by atoms with Crippen LogP contribution in [0.2, 0.25) is 0 Å². The summed E-state index contributed by atoms with van der Waals surface area (Å²) in [5.41, 5.74) is 2.33. The number of nitrogens with one attached hydrogen (secondary N) is 1. The van der Waals surface area contributed by atoms with Crippen molar-refractivity contribution in [3.05, 3.63) is 23.4 Å². The number of thioether (sulfide) groups is 1. The third kappa shape index (κ3) is 5.91. The van der Waals surface area contributed by atoms with Crippen molar-refractivity contribution in [2.75, 3.05) is 20.3 Å². The second-order valence-electron chi connectivity index (χ2n) is 4.70. The van der Waals surface area contributed by atoms with Crippen molar-refractivity contribution in [2.24, 2.45) is 0 Å². The van der Waals surface area contributed by atoms with E-state index in [0.29, 0.717) is 6.61 Å². The van der Waals surface area contributed by atoms with Gasteiger partial charge in [0.25, 0.3) is 0 Å². The molecule has 1 rings (SSSR count). The Labute approximate surface area is 120 Å². The van der Waals surface area contributed by atoms with Gasteiger partial charge in [-0.05, 0) is 25.0 Å². The van der Waals surface area contributed by atoms with Crippen LogP contribution in [0.1, 0.15) is 25.0 Å². The maximum atomic E-state index is 9.52. The molecular weight excluding hydrogens is 260 g/mol. The molecule has 0 saturated heterocycles. The van der Waals surface area contributed by atoms with Crippen LogP contribution in [0.15, 0.2) is 17.3 Å². The van der Waals surface area contributed by atoms with Gasteiger partial charge in [-0.25, -0.2) is 4.98 Å². The fourth-order valence-electron chi connectivity index (χ4n) is 1.52. The fraction of sp³-hybridized carbons (Fsp3) is 0.643. The number of nitrogens with zero attached hydrogens (tertiary/aromatic N) is 1. The van der Waals surface area contributed by atoms with Gasteiger partial charge in [-0.15, -0.1) is 11.8 Å². The topological polar surface area (TPSA) is 54.4 Å². The Morgan fingerprint density at radius 2 is 2.21 bits per heavy atom. The lowest BCUT2D eigenvalue weighted by Crippen LogP contribution is -2.19. The molecule has 0 aliphatic carbocycles. The number of methoxy groups -OCH3 is 1. The van der Waals surface area contributed by atoms with Crippen LogP contribution in [0.25, 0.3) is 0 Å². The lowest BCUT2D eigenvalue weighted by atomic mass is 10.2. The molecule has 0 aliphatic rings. The SMILES string of the molecule is COCCNCc1cnc(SC(C)C(C)O)c(C)c1. The number of aromatic nitrogens is 1. The highest BCUT2D eigenvalue weighted by atomic mass is 32.2. The van der Waals surface area contributed by atoms with Gasteiger partial charge in [0.15, 0.2) is 0 Å². The molecule has 4 nitrogen and oxygen atoms in total. The van der Waals surface area contributed by atoms with Crippen molar-refractivity contribution < 1.29 is 9.84 Å². The molecule has 108 valence electrons. The van der Waals surface area contributed by atoms with Gasteiger partial charge in [-0.1, -0.05) is 13.0 Å². The van der Waals surface area contributed by atoms with Crippen molar-refractivity contribution in [3.8, 4) is 0 Å². The van der Waals surface area contributed by atoms with Crippen LogP contribution in [-0.4, -0.2) is 41.7 Å². The molecule has 0 amide bonds. The van der Waals surface area contributed by atoms with E-state index in [-0.39, 0.29) is 11.4 Å². The van der Waals surface area contributed by atoms with Crippen molar-refractivity contribution in [2.45, 2.75) is 43.7 Å². The van der Waals surface area contributed by atoms with Crippen LogP contribution in [0.5, 0.6) is 0 Å². The first-order valence-electron chi connectivity index (χ1n) is 6.54. The monoisotopic (exact) mass is 284 g/mol. The van der Waals surface area contributed by atoms with Gasteiger partial charge in [0.05, 0.1) is 17.7 Å². The third-order valence-electron chi connectivity index (χ3n) is 2.88. The van der Waals surface area contributed by atoms with Crippen molar-refractivity contribution in [1.29, 1.82) is 0 Å². The highest BCUT2D eigenvalue weighted by molar-refractivity contribution is 7.99. The summed E-state index contributed by atoms with van der Waals surface area (Å²) in [6, 6.07) is 2.14. The summed E-state index contributed by atoms with van der Waals surface area (Å²) in [5.74, 6) is 0. The highest BCUT2D eigenvalue weighted by Crippen LogP contribution is 2.26. The summed E-state index contributed by atoms with van der Waals surface area (Å²) >= 11 is 1.62. The molecule has 2 atom stereocenters. The number of aryl methyl sites for hydroxylation is 1. The lowest BCUT2D eigenvalue weighted by molar-refractivity contribution is 0.196. The molecule has 0 saturated carbocycles. The lowest BCUT2D eigenvalue weighted by Gasteiger charge is -2.15. The van der Waals surface area contributed by atoms with Gasteiger partial charge in [0.2, 0.25) is 0 Å². The second kappa shape index (κ2) is 8.53. The van der Waals surface area contributed by atoms with Gasteiger partial charge < -0.3 is 15.2 Å². The maximum Gasteiger partial charge on any atom is 0.0992 e. The molecule has 0 spiro atoms. The Kier molecular flexibility index (Phi) is 7.38. The number of hydrogen-bond donors (Lipinski definition) is 2. The normalized spacial score (nSPS) is 14.4. The fourth-order valence-corrected chi connectivity index (χ4v) is 2.43. The maximum absolute atomic E-state index is 9.52. The molecule has 1 aromatic rings. The van der Waals surface area contributed by atoms with E-state index in [1.54, 1.807) is 25.8 Å². The number of hydrogen-bond acceptors (Lipinski definition) is 5. The van der Waals surface area contributed by atoms with Crippen molar-refractivity contribution in [3.63, 3.8) is 0 Å². The molecule has 2 unspecified atom stereocenters. The van der Waals surface area contributed by atoms with Crippen LogP contribution in [0, 0.1) is 6.92 Å². The first-order valence-corrected chi connectivity index (χ1v) is 7.42. The summed E-state index contributed by atoms with van der Waals surface area (Å²) in [5, 5.41) is 14.0. The van der Waals surface area contributed by atoms with E-state index in [1.165, 1.54) is 5.56 Å². The Morgan fingerprint density at radius 1 is 1.47 bits per heavy atom. The summed E-state index contributed by atoms with van der Waals surface area (Å²) < 4.78 is 4.98. The molecule has 1 aromatic heterocycles. The van der Waals surface area contributed by atoms with Gasteiger partial charge in [0, 0.05) is 31.6 Å². The van der Waals surface area contributed by atoms with Gasteiger partial charge in [-0.2, -0.15) is 0 Å². The minimum absolute atomic E-state index is 0.150. The second-order valence-corrected chi connectivity index (χ2v) is 6.06. The number of rotatable bonds is 8. The van der Waals surface area contributed by atoms with Crippen molar-refractivity contribution >= 4 is 11.8 Å². The van der Waals surface area contributed by atoms with Gasteiger partial charge in [0.1, 0.15) is 0 Å². The number of pyridine rings is 1. The Hall–Kier alpha value is -0.620. The molecule has 1 heterocycles. The van der Waals surface area contributed by atoms with Gasteiger partial charge in [-0.3, -0.25) is 0 Å². The number of aliphatic hydroxyl groups is 1. The quantitative estimate of drug-likeness (QED) is 0.565. The van der Waals surface area contributed by atoms with E-state index in [2.05, 4.69) is 23.3 Å². The van der Waals surface area contributed by atoms with E-state index in [0.717, 1.165) is 23.7 Å². The van der Waals surface area contributed by atoms with E-state index >= 15 is 0 Å². The van der Waals surface area contributed by atoms with Crippen LogP contribution < -0.4 is 5.32 Å². The Balaban J connectivity index is 2.54. The smallest absolute Gasteiger partial charge is 0.0992 e. The molecule has 0 fully saturated rings. The average molecular weight is 284 g/mol. The molecule has 5 heteroatoms. The molecule has 0 aliphatic heterocycles. The summed E-state index contributed by atoms with van der Waals surface area (Å²) in [6.45, 7) is 8.23. The van der Waals surface area contributed by atoms with Crippen LogP contribution in [0.4, 0.5) is 0 Å². The summed E-state index contributed by atoms with van der Waals surface area (Å²) in [4.78, 5) is 4.48. The molecule has 0 aromatic carbocycles. The van der Waals surface area contributed by atoms with E-state index < -0.39 is 0 Å². The largest absolute Gasteiger partial charge is 0.392 e. The molecule has 0 bridgehead atoms. The van der Waals surface area contributed by atoms with E-state index in [9.17, 15) is 5.11 Å². The standard InChI is InChI=1S/C14H24N2O2S/c1-10-7-13(8-15-5-6-18-4)9-16-14(10)19-12(3)11(2)17/h7,9,11-12,15,17H,5-6,8H2,1-4H3. The van der Waals surface area contributed by atoms with Crippen molar-refractivity contribution in [1.82, 2.24) is 10.3 Å². The first kappa shape index (κ1) is 16.4. The Morgan fingerprint density at radius 3 is 2.79 bits per heavy atom. The average Bonchev–Trinajstić information content (AvgIpc) is 2.37. The number of aliphatic hydroxyl groups excluding tert-OH is 1. The molecular formula is C14H24N2O2S. The molecule has 2 N–H and O–H groups in total. The summed E-state index contributed by atoms with van der Waals surface area (Å²) in [6.07, 6.45) is 1.56. The molecule has 19 heavy (non-hydrogen) atoms. The predicted molar refractivity (Wildman–Crippen MR) is 79.6 cm³/mol. The van der Waals surface area contributed by atoms with E-state index in [4.69, 9.17) is 4.74 Å². The summed E-state index contributed by atoms with van der Waals surface area (Å²) in [7, 11) is 1.70. The van der Waals surface area contributed by atoms with Crippen LogP contribution >= 0.6 is 11.8 Å². The third-order valence-corrected chi connectivity index (χ3v) is 4.29. The zero-order valence-electron chi connectivity index (χ0n) is 12.1. The Bertz CT molecular complexity index is 386. The molecule has 0 radical (unpaired) electrons. The predicted octanol–water partition coefficient (Wildman–Crippen LogP) is 1.99.